The summed E-state index contributed by atoms with van der Waals surface area (Å²) in [6, 6.07) is 3.83. The Labute approximate surface area is 142 Å². The molecule has 1 saturated heterocycles. The fourth-order valence-corrected chi connectivity index (χ4v) is 3.63. The van der Waals surface area contributed by atoms with Crippen LogP contribution in [0.25, 0.3) is 0 Å². The Morgan fingerprint density at radius 1 is 1.12 bits per heavy atom. The molecule has 1 aromatic heterocycles. The first kappa shape index (κ1) is 15.7. The van der Waals surface area contributed by atoms with Gasteiger partial charge in [0.1, 0.15) is 0 Å². The third-order valence-corrected chi connectivity index (χ3v) is 5.35. The van der Waals surface area contributed by atoms with Gasteiger partial charge in [-0.15, -0.1) is 0 Å². The fraction of sp³-hybridized carbons (Fsp3) is 0.667. The molecule has 4 rings (SSSR count). The third kappa shape index (κ3) is 3.64. The molecule has 3 aliphatic rings. The number of amides is 2. The van der Waals surface area contributed by atoms with Crippen LogP contribution in [0.4, 0.5) is 0 Å². The Kier molecular flexibility index (Phi) is 4.31. The van der Waals surface area contributed by atoms with Crippen molar-refractivity contribution in [2.24, 2.45) is 11.8 Å². The predicted octanol–water partition coefficient (Wildman–Crippen LogP) is 1.34. The maximum Gasteiger partial charge on any atom is 0.289 e. The predicted molar refractivity (Wildman–Crippen MR) is 88.4 cm³/mol. The van der Waals surface area contributed by atoms with E-state index in [2.05, 4.69) is 10.2 Å². The normalized spacial score (nSPS) is 22.0. The molecular weight excluding hydrogens is 306 g/mol. The van der Waals surface area contributed by atoms with E-state index < -0.39 is 0 Å². The Hall–Kier alpha value is -1.82. The van der Waals surface area contributed by atoms with Gasteiger partial charge in [0.05, 0.1) is 12.8 Å². The zero-order valence-electron chi connectivity index (χ0n) is 13.9. The van der Waals surface area contributed by atoms with Crippen LogP contribution in [0.3, 0.4) is 0 Å². The van der Waals surface area contributed by atoms with Gasteiger partial charge in [-0.05, 0) is 49.7 Å². The molecule has 2 saturated carbocycles. The molecule has 2 aliphatic carbocycles. The van der Waals surface area contributed by atoms with Crippen LogP contribution in [0.5, 0.6) is 0 Å². The van der Waals surface area contributed by atoms with Crippen LogP contribution in [0.15, 0.2) is 22.8 Å². The minimum Gasteiger partial charge on any atom is -0.459 e. The first-order valence-electron chi connectivity index (χ1n) is 9.05. The largest absolute Gasteiger partial charge is 0.459 e. The highest BCUT2D eigenvalue weighted by atomic mass is 16.3. The zero-order chi connectivity index (χ0) is 16.5. The van der Waals surface area contributed by atoms with E-state index in [1.807, 2.05) is 0 Å². The topological polar surface area (TPSA) is 65.8 Å². The number of hydrogen-bond acceptors (Lipinski definition) is 4. The average molecular weight is 331 g/mol. The molecule has 6 nitrogen and oxygen atoms in total. The van der Waals surface area contributed by atoms with E-state index in [4.69, 9.17) is 4.42 Å². The molecule has 0 atom stereocenters. The quantitative estimate of drug-likeness (QED) is 0.854. The van der Waals surface area contributed by atoms with Crippen LogP contribution in [0, 0.1) is 11.8 Å². The zero-order valence-corrected chi connectivity index (χ0v) is 13.9. The molecule has 0 spiro atoms. The summed E-state index contributed by atoms with van der Waals surface area (Å²) in [5.41, 5.74) is 0. The molecule has 24 heavy (non-hydrogen) atoms. The van der Waals surface area contributed by atoms with Crippen molar-refractivity contribution in [3.63, 3.8) is 0 Å². The lowest BCUT2D eigenvalue weighted by atomic mass is 10.1. The number of rotatable bonds is 6. The second kappa shape index (κ2) is 6.59. The molecule has 0 radical (unpaired) electrons. The van der Waals surface area contributed by atoms with Crippen molar-refractivity contribution in [2.45, 2.75) is 31.7 Å². The lowest BCUT2D eigenvalue weighted by Crippen LogP contribution is -2.52. The molecule has 6 heteroatoms. The number of carbonyl (C=O) groups is 2. The van der Waals surface area contributed by atoms with Gasteiger partial charge >= 0.3 is 0 Å². The first-order valence-corrected chi connectivity index (χ1v) is 9.05. The minimum absolute atomic E-state index is 0.0633. The molecule has 1 aromatic rings. The smallest absolute Gasteiger partial charge is 0.289 e. The van der Waals surface area contributed by atoms with Crippen molar-refractivity contribution in [3.05, 3.63) is 24.2 Å². The van der Waals surface area contributed by atoms with Crippen LogP contribution in [-0.2, 0) is 4.79 Å². The van der Waals surface area contributed by atoms with E-state index >= 15 is 0 Å². The number of nitrogens with zero attached hydrogens (tertiary/aromatic N) is 2. The lowest BCUT2D eigenvalue weighted by molar-refractivity contribution is -0.123. The molecule has 0 unspecified atom stereocenters. The van der Waals surface area contributed by atoms with Crippen LogP contribution < -0.4 is 5.32 Å². The third-order valence-electron chi connectivity index (χ3n) is 5.35. The van der Waals surface area contributed by atoms with E-state index in [0.29, 0.717) is 31.4 Å². The van der Waals surface area contributed by atoms with E-state index in [-0.39, 0.29) is 11.8 Å². The van der Waals surface area contributed by atoms with Crippen molar-refractivity contribution in [2.75, 3.05) is 32.7 Å². The molecular formula is C18H25N3O3. The summed E-state index contributed by atoms with van der Waals surface area (Å²) in [5, 5.41) is 3.27. The molecule has 2 amide bonds. The Morgan fingerprint density at radius 2 is 1.79 bits per heavy atom. The van der Waals surface area contributed by atoms with Gasteiger partial charge in [-0.3, -0.25) is 14.5 Å². The number of piperazine rings is 1. The number of carbonyl (C=O) groups excluding carboxylic acids is 2. The Bertz CT molecular complexity index is 573. The van der Waals surface area contributed by atoms with Gasteiger partial charge in [0, 0.05) is 32.2 Å². The minimum atomic E-state index is -0.0633. The summed E-state index contributed by atoms with van der Waals surface area (Å²) in [7, 11) is 0. The molecule has 1 aliphatic heterocycles. The van der Waals surface area contributed by atoms with Gasteiger partial charge in [0.25, 0.3) is 5.91 Å². The lowest BCUT2D eigenvalue weighted by Gasteiger charge is -2.34. The number of furan rings is 1. The van der Waals surface area contributed by atoms with Gasteiger partial charge in [-0.25, -0.2) is 0 Å². The number of nitrogens with one attached hydrogen (secondary N) is 1. The van der Waals surface area contributed by atoms with E-state index in [1.54, 1.807) is 17.0 Å². The molecule has 0 bridgehead atoms. The van der Waals surface area contributed by atoms with Crippen molar-refractivity contribution < 1.29 is 14.0 Å². The van der Waals surface area contributed by atoms with Crippen molar-refractivity contribution in [1.82, 2.24) is 15.1 Å². The standard InChI is InChI=1S/C18H25N3O3/c22-16(19-17(13-3-4-13)14-5-6-14)12-20-7-9-21(10-8-20)18(23)15-2-1-11-24-15/h1-2,11,13-14,17H,3-10,12H2,(H,19,22). The molecule has 0 aromatic carbocycles. The van der Waals surface area contributed by atoms with Crippen molar-refractivity contribution in [1.29, 1.82) is 0 Å². The maximum atomic E-state index is 12.3. The monoisotopic (exact) mass is 331 g/mol. The molecule has 2 heterocycles. The van der Waals surface area contributed by atoms with Gasteiger partial charge in [-0.1, -0.05) is 0 Å². The van der Waals surface area contributed by atoms with Gasteiger partial charge in [0.15, 0.2) is 5.76 Å². The second-order valence-electron chi connectivity index (χ2n) is 7.31. The summed E-state index contributed by atoms with van der Waals surface area (Å²) in [4.78, 5) is 28.5. The summed E-state index contributed by atoms with van der Waals surface area (Å²) in [6.45, 7) is 3.19. The Morgan fingerprint density at radius 3 is 2.33 bits per heavy atom. The number of hydrogen-bond donors (Lipinski definition) is 1. The van der Waals surface area contributed by atoms with Crippen LogP contribution in [0.2, 0.25) is 0 Å². The van der Waals surface area contributed by atoms with Crippen molar-refractivity contribution >= 4 is 11.8 Å². The van der Waals surface area contributed by atoms with Crippen LogP contribution in [0.1, 0.15) is 36.2 Å². The maximum absolute atomic E-state index is 12.3. The molecule has 130 valence electrons. The highest BCUT2D eigenvalue weighted by Crippen LogP contribution is 2.44. The molecule has 1 N–H and O–H groups in total. The van der Waals surface area contributed by atoms with Crippen LogP contribution >= 0.6 is 0 Å². The van der Waals surface area contributed by atoms with Gasteiger partial charge in [-0.2, -0.15) is 0 Å². The fourth-order valence-electron chi connectivity index (χ4n) is 3.63. The van der Waals surface area contributed by atoms with Crippen LogP contribution in [-0.4, -0.2) is 60.4 Å². The second-order valence-corrected chi connectivity index (χ2v) is 7.31. The summed E-state index contributed by atoms with van der Waals surface area (Å²) in [5.74, 6) is 1.92. The summed E-state index contributed by atoms with van der Waals surface area (Å²) < 4.78 is 5.17. The van der Waals surface area contributed by atoms with E-state index in [9.17, 15) is 9.59 Å². The highest BCUT2D eigenvalue weighted by molar-refractivity contribution is 5.91. The summed E-state index contributed by atoms with van der Waals surface area (Å²) in [6.07, 6.45) is 6.61. The Balaban J connectivity index is 1.22. The first-order chi connectivity index (χ1) is 11.7. The average Bonchev–Trinajstić information content (AvgIpc) is 3.52. The van der Waals surface area contributed by atoms with E-state index in [1.165, 1.54) is 31.9 Å². The highest BCUT2D eigenvalue weighted by Gasteiger charge is 2.42. The SMILES string of the molecule is O=C(CN1CCN(C(=O)c2ccco2)CC1)NC(C1CC1)C1CC1. The van der Waals surface area contributed by atoms with Gasteiger partial charge in [0.2, 0.25) is 5.91 Å². The van der Waals surface area contributed by atoms with Crippen molar-refractivity contribution in [3.8, 4) is 0 Å². The molecule has 3 fully saturated rings. The van der Waals surface area contributed by atoms with Gasteiger partial charge < -0.3 is 14.6 Å². The van der Waals surface area contributed by atoms with E-state index in [0.717, 1.165) is 24.9 Å². The summed E-state index contributed by atoms with van der Waals surface area (Å²) >= 11 is 0.